The molecular weight excluding hydrogens is 704 g/mol. The second kappa shape index (κ2) is 6.48. The molecule has 0 bridgehead atoms. The predicted molar refractivity (Wildman–Crippen MR) is 99.8 cm³/mol. The zero-order valence-corrected chi connectivity index (χ0v) is 20.2. The van der Waals surface area contributed by atoms with Gasteiger partial charge in [-0.3, -0.25) is 0 Å². The topological polar surface area (TPSA) is 68.3 Å². The van der Waals surface area contributed by atoms with Gasteiger partial charge in [0, 0.05) is 0 Å². The molecule has 0 radical (unpaired) electrons. The van der Waals surface area contributed by atoms with Crippen molar-refractivity contribution >= 4 is 115 Å². The molecule has 114 valence electrons. The quantitative estimate of drug-likeness (QED) is 0.414. The van der Waals surface area contributed by atoms with Crippen LogP contribution >= 0.6 is 95.6 Å². The largest absolute Gasteiger partial charge is 0.239 e. The van der Waals surface area contributed by atoms with Gasteiger partial charge in [-0.25, -0.2) is 16.8 Å². The molecule has 0 spiro atoms. The van der Waals surface area contributed by atoms with Gasteiger partial charge in [-0.2, -0.15) is 0 Å². The highest BCUT2D eigenvalue weighted by Gasteiger charge is 2.40. The fraction of sp³-hybridized carbons (Fsp3) is 0.250. The maximum Gasteiger partial charge on any atom is 0.239 e. The van der Waals surface area contributed by atoms with Crippen LogP contribution in [-0.4, -0.2) is 19.8 Å². The Balaban J connectivity index is 3.53. The van der Waals surface area contributed by atoms with Crippen molar-refractivity contribution in [3.63, 3.8) is 0 Å². The Morgan fingerprint density at radius 2 is 1.00 bits per heavy atom. The Hall–Kier alpha value is 2.00. The predicted octanol–water partition coefficient (Wildman–Crippen LogP) is 4.83. The van der Waals surface area contributed by atoms with E-state index in [2.05, 4.69) is 95.6 Å². The molecule has 12 heteroatoms. The first-order chi connectivity index (χ1) is 8.71. The van der Waals surface area contributed by atoms with Gasteiger partial charge < -0.3 is 0 Å². The minimum Gasteiger partial charge on any atom is -0.220 e. The van der Waals surface area contributed by atoms with Crippen LogP contribution < -0.4 is 0 Å². The van der Waals surface area contributed by atoms with Crippen LogP contribution in [0.1, 0.15) is 0 Å². The third-order valence-corrected chi connectivity index (χ3v) is 12.7. The summed E-state index contributed by atoms with van der Waals surface area (Å²) in [6, 6.07) is 5.01. The van der Waals surface area contributed by atoms with E-state index < -0.39 is 22.6 Å². The minimum absolute atomic E-state index is 0.166. The Labute approximate surface area is 167 Å². The third kappa shape index (κ3) is 4.09. The molecular formula is C8H4Br6O4S2. The highest BCUT2D eigenvalue weighted by Crippen LogP contribution is 2.46. The van der Waals surface area contributed by atoms with E-state index in [0.717, 1.165) is 6.07 Å². The Morgan fingerprint density at radius 1 is 0.700 bits per heavy atom. The standard InChI is InChI=1S/C8H4Br6O4S2/c9-7(10,11)19(15,16)5-2-1-3-6(4-5)20(17,18)8(12,13)14/h1-4H. The van der Waals surface area contributed by atoms with Crippen LogP contribution in [-0.2, 0) is 19.7 Å². The van der Waals surface area contributed by atoms with Gasteiger partial charge in [-0.05, 0) is 114 Å². The third-order valence-electron chi connectivity index (χ3n) is 2.04. The van der Waals surface area contributed by atoms with Crippen LogP contribution in [0.25, 0.3) is 0 Å². The van der Waals surface area contributed by atoms with Gasteiger partial charge in [0.25, 0.3) is 0 Å². The van der Waals surface area contributed by atoms with E-state index >= 15 is 0 Å². The van der Waals surface area contributed by atoms with Gasteiger partial charge in [0.1, 0.15) is 0 Å². The monoisotopic (exact) mass is 701 g/mol. The van der Waals surface area contributed by atoms with Gasteiger partial charge in [-0.15, -0.1) is 0 Å². The molecule has 0 fully saturated rings. The van der Waals surface area contributed by atoms with E-state index in [9.17, 15) is 16.8 Å². The highest BCUT2D eigenvalue weighted by molar-refractivity contribution is 9.42. The molecule has 1 rings (SSSR count). The summed E-state index contributed by atoms with van der Waals surface area (Å²) >= 11 is 17.5. The molecule has 4 nitrogen and oxygen atoms in total. The first kappa shape index (κ1) is 20.0. The molecule has 0 amide bonds. The molecule has 0 unspecified atom stereocenters. The molecule has 0 aliphatic heterocycles. The summed E-state index contributed by atoms with van der Waals surface area (Å²) in [5.41, 5.74) is 0. The van der Waals surface area contributed by atoms with E-state index in [1.807, 2.05) is 0 Å². The smallest absolute Gasteiger partial charge is 0.220 e. The fourth-order valence-corrected chi connectivity index (χ4v) is 6.13. The Morgan fingerprint density at radius 3 is 1.25 bits per heavy atom. The number of hydrogen-bond acceptors (Lipinski definition) is 4. The summed E-state index contributed by atoms with van der Waals surface area (Å²) < 4.78 is 45.7. The number of sulfone groups is 2. The van der Waals surface area contributed by atoms with Crippen molar-refractivity contribution in [3.8, 4) is 0 Å². The summed E-state index contributed by atoms with van der Waals surface area (Å²) in [4.78, 5) is -0.332. The first-order valence-corrected chi connectivity index (χ1v) is 12.2. The van der Waals surface area contributed by atoms with Crippen LogP contribution in [0.3, 0.4) is 0 Å². The van der Waals surface area contributed by atoms with Gasteiger partial charge in [0.05, 0.1) is 9.79 Å². The van der Waals surface area contributed by atoms with Crippen LogP contribution in [0.5, 0.6) is 0 Å². The SMILES string of the molecule is O=S(=O)(c1cccc(S(=O)(=O)C(Br)(Br)Br)c1)C(Br)(Br)Br. The lowest BCUT2D eigenvalue weighted by Crippen LogP contribution is -2.20. The summed E-state index contributed by atoms with van der Waals surface area (Å²) in [6.45, 7) is 0. The van der Waals surface area contributed by atoms with Crippen molar-refractivity contribution in [2.75, 3.05) is 0 Å². The summed E-state index contributed by atoms with van der Waals surface area (Å²) in [5, 5.41) is 0. The summed E-state index contributed by atoms with van der Waals surface area (Å²) in [6.07, 6.45) is 0. The van der Waals surface area contributed by atoms with Crippen LogP contribution in [0.2, 0.25) is 0 Å². The Bertz CT molecular complexity index is 655. The van der Waals surface area contributed by atoms with Gasteiger partial charge in [0.15, 0.2) is 0 Å². The minimum atomic E-state index is -3.87. The fourth-order valence-electron chi connectivity index (χ4n) is 1.08. The lowest BCUT2D eigenvalue weighted by molar-refractivity contribution is 0.597. The number of hydrogen-bond donors (Lipinski definition) is 0. The van der Waals surface area contributed by atoms with Crippen molar-refractivity contribution < 1.29 is 16.8 Å². The average Bonchev–Trinajstić information content (AvgIpc) is 2.26. The Kier molecular flexibility index (Phi) is 6.50. The van der Waals surface area contributed by atoms with Gasteiger partial charge in [-0.1, -0.05) is 6.07 Å². The van der Waals surface area contributed by atoms with Crippen LogP contribution in [0.15, 0.2) is 34.1 Å². The number of benzene rings is 1. The molecule has 0 saturated heterocycles. The lowest BCUT2D eigenvalue weighted by atomic mass is 10.4. The number of alkyl halides is 6. The molecule has 1 aromatic carbocycles. The molecule has 0 heterocycles. The van der Waals surface area contributed by atoms with E-state index in [1.165, 1.54) is 18.2 Å². The van der Waals surface area contributed by atoms with Crippen molar-refractivity contribution in [1.29, 1.82) is 0 Å². The maximum atomic E-state index is 12.2. The highest BCUT2D eigenvalue weighted by atomic mass is 80.0. The number of rotatable bonds is 2. The van der Waals surface area contributed by atoms with Crippen LogP contribution in [0, 0.1) is 0 Å². The van der Waals surface area contributed by atoms with Gasteiger partial charge in [0.2, 0.25) is 22.6 Å². The van der Waals surface area contributed by atoms with Crippen molar-refractivity contribution in [2.45, 2.75) is 12.7 Å². The summed E-state index contributed by atoms with van der Waals surface area (Å²) in [7, 11) is -7.73. The molecule has 0 N–H and O–H groups in total. The van der Waals surface area contributed by atoms with Crippen molar-refractivity contribution in [1.82, 2.24) is 0 Å². The van der Waals surface area contributed by atoms with E-state index in [-0.39, 0.29) is 9.79 Å². The first-order valence-electron chi connectivity index (χ1n) is 4.44. The van der Waals surface area contributed by atoms with Crippen molar-refractivity contribution in [2.24, 2.45) is 0 Å². The molecule has 20 heavy (non-hydrogen) atoms. The van der Waals surface area contributed by atoms with Gasteiger partial charge >= 0.3 is 0 Å². The van der Waals surface area contributed by atoms with E-state index in [4.69, 9.17) is 0 Å². The molecule has 0 aliphatic carbocycles. The molecule has 0 aromatic heterocycles. The zero-order valence-electron chi connectivity index (χ0n) is 9.03. The maximum absolute atomic E-state index is 12.2. The normalized spacial score (nSPS) is 14.3. The molecule has 1 aromatic rings. The summed E-state index contributed by atoms with van der Waals surface area (Å²) in [5.74, 6) is 0. The lowest BCUT2D eigenvalue weighted by Gasteiger charge is -2.16. The molecule has 0 atom stereocenters. The van der Waals surface area contributed by atoms with Crippen LogP contribution in [0.4, 0.5) is 0 Å². The van der Waals surface area contributed by atoms with E-state index in [0.29, 0.717) is 0 Å². The molecule has 0 saturated carbocycles. The molecule has 0 aliphatic rings. The zero-order chi connectivity index (χ0) is 16.0. The van der Waals surface area contributed by atoms with E-state index in [1.54, 1.807) is 0 Å². The van der Waals surface area contributed by atoms with Crippen molar-refractivity contribution in [3.05, 3.63) is 24.3 Å². The number of halogens is 6. The second-order valence-corrected chi connectivity index (χ2v) is 24.2. The average molecular weight is 708 g/mol. The second-order valence-electron chi connectivity index (χ2n) is 3.37.